The molecule has 2 heterocycles. The Kier molecular flexibility index (Phi) is 4.28. The monoisotopic (exact) mass is 284 g/mol. The van der Waals surface area contributed by atoms with Crippen molar-refractivity contribution in [2.45, 2.75) is 13.5 Å². The fraction of sp³-hybridized carbons (Fsp3) is 0.250. The van der Waals surface area contributed by atoms with E-state index in [0.717, 1.165) is 10.9 Å². The molecule has 0 amide bonds. The van der Waals surface area contributed by atoms with E-state index in [2.05, 4.69) is 10.4 Å². The van der Waals surface area contributed by atoms with Gasteiger partial charge in [0.1, 0.15) is 0 Å². The van der Waals surface area contributed by atoms with Crippen molar-refractivity contribution in [2.24, 2.45) is 5.84 Å². The van der Waals surface area contributed by atoms with Crippen molar-refractivity contribution in [1.82, 2.24) is 4.98 Å². The standard InChI is InChI=1S/C12H14F2N4S/c1-2-18(7-8-4-3-5-19-8)12-10(14)6-9(13)11(16-12)17-15/h3-6H,2,7,15H2,1H3,(H,16,17). The Morgan fingerprint density at radius 1 is 1.42 bits per heavy atom. The highest BCUT2D eigenvalue weighted by Gasteiger charge is 2.16. The molecule has 2 aromatic heterocycles. The molecule has 3 N–H and O–H groups in total. The number of nitrogen functional groups attached to an aromatic ring is 1. The maximum absolute atomic E-state index is 13.8. The number of halogens is 2. The van der Waals surface area contributed by atoms with Crippen molar-refractivity contribution in [3.63, 3.8) is 0 Å². The molecule has 19 heavy (non-hydrogen) atoms. The second-order valence-corrected chi connectivity index (χ2v) is 4.89. The molecule has 0 atom stereocenters. The molecular formula is C12H14F2N4S. The Labute approximate surface area is 113 Å². The average molecular weight is 284 g/mol. The quantitative estimate of drug-likeness (QED) is 0.655. The molecule has 0 radical (unpaired) electrons. The fourth-order valence-electron chi connectivity index (χ4n) is 1.71. The van der Waals surface area contributed by atoms with Crippen LogP contribution >= 0.6 is 11.3 Å². The number of hydrogen-bond acceptors (Lipinski definition) is 5. The van der Waals surface area contributed by atoms with Gasteiger partial charge in [-0.25, -0.2) is 19.6 Å². The predicted molar refractivity (Wildman–Crippen MR) is 73.0 cm³/mol. The first-order valence-electron chi connectivity index (χ1n) is 5.75. The summed E-state index contributed by atoms with van der Waals surface area (Å²) in [6.45, 7) is 2.96. The number of hydrogen-bond donors (Lipinski definition) is 2. The number of nitrogens with zero attached hydrogens (tertiary/aromatic N) is 2. The molecule has 0 aliphatic rings. The number of pyridine rings is 1. The molecule has 0 spiro atoms. The van der Waals surface area contributed by atoms with Crippen molar-refractivity contribution < 1.29 is 8.78 Å². The van der Waals surface area contributed by atoms with Gasteiger partial charge in [-0.05, 0) is 18.4 Å². The zero-order valence-electron chi connectivity index (χ0n) is 10.4. The van der Waals surface area contributed by atoms with Crippen molar-refractivity contribution >= 4 is 23.0 Å². The highest BCUT2D eigenvalue weighted by Crippen LogP contribution is 2.24. The molecule has 0 aromatic carbocycles. The van der Waals surface area contributed by atoms with E-state index in [1.807, 2.05) is 24.4 Å². The minimum Gasteiger partial charge on any atom is -0.349 e. The van der Waals surface area contributed by atoms with Crippen LogP contribution in [-0.4, -0.2) is 11.5 Å². The first kappa shape index (κ1) is 13.7. The van der Waals surface area contributed by atoms with E-state index in [9.17, 15) is 8.78 Å². The van der Waals surface area contributed by atoms with Crippen LogP contribution in [0.1, 0.15) is 11.8 Å². The molecule has 2 rings (SSSR count). The van der Waals surface area contributed by atoms with E-state index >= 15 is 0 Å². The number of rotatable bonds is 5. The summed E-state index contributed by atoms with van der Waals surface area (Å²) in [5, 5.41) is 1.95. The minimum atomic E-state index is -0.809. The maximum atomic E-state index is 13.8. The predicted octanol–water partition coefficient (Wildman–Crippen LogP) is 2.73. The molecule has 0 unspecified atom stereocenters. The molecule has 0 aliphatic carbocycles. The summed E-state index contributed by atoms with van der Waals surface area (Å²) < 4.78 is 27.1. The van der Waals surface area contributed by atoms with E-state index in [0.29, 0.717) is 13.1 Å². The van der Waals surface area contributed by atoms with E-state index in [1.165, 1.54) is 0 Å². The van der Waals surface area contributed by atoms with E-state index in [4.69, 9.17) is 5.84 Å². The highest BCUT2D eigenvalue weighted by atomic mass is 32.1. The first-order chi connectivity index (χ1) is 9.15. The summed E-state index contributed by atoms with van der Waals surface area (Å²) in [6.07, 6.45) is 0. The molecule has 102 valence electrons. The Hall–Kier alpha value is -1.73. The van der Waals surface area contributed by atoms with Gasteiger partial charge >= 0.3 is 0 Å². The summed E-state index contributed by atoms with van der Waals surface area (Å²) in [7, 11) is 0. The number of aromatic nitrogens is 1. The number of thiophene rings is 1. The third kappa shape index (κ3) is 2.99. The molecule has 0 saturated carbocycles. The molecule has 0 aliphatic heterocycles. The van der Waals surface area contributed by atoms with Gasteiger partial charge < -0.3 is 10.3 Å². The number of nitrogens with one attached hydrogen (secondary N) is 1. The second kappa shape index (κ2) is 5.94. The molecular weight excluding hydrogens is 270 g/mol. The van der Waals surface area contributed by atoms with Crippen LogP contribution in [0.4, 0.5) is 20.4 Å². The maximum Gasteiger partial charge on any atom is 0.178 e. The molecule has 7 heteroatoms. The molecule has 2 aromatic rings. The summed E-state index contributed by atoms with van der Waals surface area (Å²) in [5.41, 5.74) is 2.12. The molecule has 0 bridgehead atoms. The van der Waals surface area contributed by atoms with Gasteiger partial charge in [-0.1, -0.05) is 6.07 Å². The van der Waals surface area contributed by atoms with Gasteiger partial charge in [-0.15, -0.1) is 11.3 Å². The van der Waals surface area contributed by atoms with Crippen molar-refractivity contribution in [3.8, 4) is 0 Å². The zero-order chi connectivity index (χ0) is 13.8. The van der Waals surface area contributed by atoms with Crippen molar-refractivity contribution in [3.05, 3.63) is 40.1 Å². The zero-order valence-corrected chi connectivity index (χ0v) is 11.2. The summed E-state index contributed by atoms with van der Waals surface area (Å²) in [5.74, 6) is 3.57. The lowest BCUT2D eigenvalue weighted by atomic mass is 10.3. The van der Waals surface area contributed by atoms with Crippen LogP contribution in [-0.2, 0) is 6.54 Å². The van der Waals surface area contributed by atoms with E-state index in [1.54, 1.807) is 16.2 Å². The van der Waals surface area contributed by atoms with Gasteiger partial charge in [0.05, 0.1) is 6.54 Å². The number of nitrogens with two attached hydrogens (primary N) is 1. The third-order valence-corrected chi connectivity index (χ3v) is 3.52. The smallest absolute Gasteiger partial charge is 0.178 e. The van der Waals surface area contributed by atoms with Crippen molar-refractivity contribution in [1.29, 1.82) is 0 Å². The van der Waals surface area contributed by atoms with Crippen LogP contribution in [0.2, 0.25) is 0 Å². The lowest BCUT2D eigenvalue weighted by Gasteiger charge is -2.22. The van der Waals surface area contributed by atoms with Gasteiger partial charge in [-0.3, -0.25) is 0 Å². The average Bonchev–Trinajstić information content (AvgIpc) is 2.89. The third-order valence-electron chi connectivity index (χ3n) is 2.66. The summed E-state index contributed by atoms with van der Waals surface area (Å²) >= 11 is 1.57. The van der Waals surface area contributed by atoms with Gasteiger partial charge in [0, 0.05) is 17.5 Å². The van der Waals surface area contributed by atoms with Crippen LogP contribution in [0.25, 0.3) is 0 Å². The van der Waals surface area contributed by atoms with Crippen LogP contribution < -0.4 is 16.2 Å². The highest BCUT2D eigenvalue weighted by molar-refractivity contribution is 7.09. The Bertz CT molecular complexity index is 545. The fourth-order valence-corrected chi connectivity index (χ4v) is 2.43. The van der Waals surface area contributed by atoms with Crippen molar-refractivity contribution in [2.75, 3.05) is 16.9 Å². The van der Waals surface area contributed by atoms with Gasteiger partial charge in [-0.2, -0.15) is 0 Å². The van der Waals surface area contributed by atoms with Crippen LogP contribution in [0.3, 0.4) is 0 Å². The van der Waals surface area contributed by atoms with Crippen LogP contribution in [0.15, 0.2) is 23.6 Å². The topological polar surface area (TPSA) is 54.2 Å². The number of hydrazine groups is 1. The second-order valence-electron chi connectivity index (χ2n) is 3.86. The molecule has 4 nitrogen and oxygen atoms in total. The minimum absolute atomic E-state index is 0.0882. The summed E-state index contributed by atoms with van der Waals surface area (Å²) in [6, 6.07) is 4.67. The summed E-state index contributed by atoms with van der Waals surface area (Å²) in [4.78, 5) is 6.69. The van der Waals surface area contributed by atoms with E-state index < -0.39 is 11.6 Å². The SMILES string of the molecule is CCN(Cc1cccs1)c1nc(NN)c(F)cc1F. The van der Waals surface area contributed by atoms with E-state index in [-0.39, 0.29) is 11.6 Å². The van der Waals surface area contributed by atoms with Gasteiger partial charge in [0.25, 0.3) is 0 Å². The lowest BCUT2D eigenvalue weighted by molar-refractivity contribution is 0.570. The lowest BCUT2D eigenvalue weighted by Crippen LogP contribution is -2.25. The van der Waals surface area contributed by atoms with Gasteiger partial charge in [0.2, 0.25) is 0 Å². The largest absolute Gasteiger partial charge is 0.349 e. The van der Waals surface area contributed by atoms with Crippen LogP contribution in [0, 0.1) is 11.6 Å². The Morgan fingerprint density at radius 2 is 2.21 bits per heavy atom. The normalized spacial score (nSPS) is 10.5. The Morgan fingerprint density at radius 3 is 2.79 bits per heavy atom. The molecule has 0 saturated heterocycles. The number of anilines is 2. The molecule has 0 fully saturated rings. The Balaban J connectivity index is 2.32. The first-order valence-corrected chi connectivity index (χ1v) is 6.63. The van der Waals surface area contributed by atoms with Crippen LogP contribution in [0.5, 0.6) is 0 Å². The van der Waals surface area contributed by atoms with Gasteiger partial charge in [0.15, 0.2) is 23.3 Å².